The second-order valence-electron chi connectivity index (χ2n) is 4.11. The van der Waals surface area contributed by atoms with Crippen LogP contribution in [0.15, 0.2) is 48.1 Å². The third kappa shape index (κ3) is 5.50. The van der Waals surface area contributed by atoms with Gasteiger partial charge in [0.15, 0.2) is 0 Å². The van der Waals surface area contributed by atoms with Crippen molar-refractivity contribution in [1.82, 2.24) is 4.90 Å². The Kier molecular flexibility index (Phi) is 8.27. The number of hydrogen-bond acceptors (Lipinski definition) is 1. The Balaban J connectivity index is 0.000000318. The maximum Gasteiger partial charge on any atom is 0.0279 e. The molecule has 0 unspecified atom stereocenters. The van der Waals surface area contributed by atoms with Gasteiger partial charge in [-0.05, 0) is 39.4 Å². The van der Waals surface area contributed by atoms with Gasteiger partial charge in [0, 0.05) is 23.1 Å². The fourth-order valence-corrected chi connectivity index (χ4v) is 1.50. The zero-order valence-electron chi connectivity index (χ0n) is 10.3. The van der Waals surface area contributed by atoms with E-state index < -0.39 is 0 Å². The third-order valence-corrected chi connectivity index (χ3v) is 2.77. The minimum absolute atomic E-state index is 0. The monoisotopic (exact) mass is 259 g/mol. The van der Waals surface area contributed by atoms with E-state index in [1.54, 1.807) is 0 Å². The van der Waals surface area contributed by atoms with Crippen molar-refractivity contribution in [2.45, 2.75) is 25.8 Å². The molecular weight excluding hydrogens is 238 g/mol. The molecule has 0 spiro atoms. The molecule has 0 N–H and O–H groups in total. The van der Waals surface area contributed by atoms with Gasteiger partial charge in [0.1, 0.15) is 0 Å². The first kappa shape index (κ1) is 15.4. The van der Waals surface area contributed by atoms with E-state index in [0.717, 1.165) is 12.8 Å². The van der Waals surface area contributed by atoms with Gasteiger partial charge < -0.3 is 4.90 Å². The van der Waals surface area contributed by atoms with Gasteiger partial charge in [0.2, 0.25) is 0 Å². The Morgan fingerprint density at radius 1 is 1.06 bits per heavy atom. The predicted octanol–water partition coefficient (Wildman–Crippen LogP) is 3.32. The second-order valence-corrected chi connectivity index (χ2v) is 4.11. The van der Waals surface area contributed by atoms with Gasteiger partial charge in [-0.1, -0.05) is 42.5 Å². The fourth-order valence-electron chi connectivity index (χ4n) is 1.50. The van der Waals surface area contributed by atoms with Gasteiger partial charge in [-0.3, -0.25) is 0 Å². The van der Waals surface area contributed by atoms with Crippen LogP contribution < -0.4 is 0 Å². The predicted molar refractivity (Wildman–Crippen MR) is 67.9 cm³/mol. The van der Waals surface area contributed by atoms with Crippen molar-refractivity contribution >= 4 is 0 Å². The molecule has 2 aliphatic carbocycles. The molecule has 2 heteroatoms. The van der Waals surface area contributed by atoms with Crippen LogP contribution in [-0.4, -0.2) is 25.0 Å². The topological polar surface area (TPSA) is 3.24 Å². The number of hydrogen-bond donors (Lipinski definition) is 0. The van der Waals surface area contributed by atoms with Gasteiger partial charge in [0.25, 0.3) is 0 Å². The van der Waals surface area contributed by atoms with Crippen molar-refractivity contribution in [2.24, 2.45) is 0 Å². The first-order valence-corrected chi connectivity index (χ1v) is 5.55. The van der Waals surface area contributed by atoms with Crippen molar-refractivity contribution < 1.29 is 17.1 Å². The second kappa shape index (κ2) is 8.58. The summed E-state index contributed by atoms with van der Waals surface area (Å²) in [6, 6.07) is 0.593. The van der Waals surface area contributed by atoms with Crippen LogP contribution in [0, 0.1) is 0 Å². The molecule has 16 heavy (non-hydrogen) atoms. The summed E-state index contributed by atoms with van der Waals surface area (Å²) in [5.74, 6) is 0. The molecule has 0 saturated carbocycles. The average molecular weight is 259 g/mol. The van der Waals surface area contributed by atoms with E-state index in [9.17, 15) is 0 Å². The maximum atomic E-state index is 2.23. The number of allylic oxidation sites excluding steroid dienone is 7. The molecular formula is C14H21FeN. The van der Waals surface area contributed by atoms with Crippen molar-refractivity contribution in [1.29, 1.82) is 0 Å². The third-order valence-electron chi connectivity index (χ3n) is 2.77. The van der Waals surface area contributed by atoms with Crippen molar-refractivity contribution in [3.63, 3.8) is 0 Å². The van der Waals surface area contributed by atoms with E-state index in [-0.39, 0.29) is 17.1 Å². The Morgan fingerprint density at radius 2 is 1.69 bits per heavy atom. The summed E-state index contributed by atoms with van der Waals surface area (Å²) in [7, 11) is 4.23. The molecule has 0 amide bonds. The van der Waals surface area contributed by atoms with Crippen LogP contribution in [0.3, 0.4) is 0 Å². The Morgan fingerprint density at radius 3 is 2.00 bits per heavy atom. The molecule has 0 saturated heterocycles. The fraction of sp³-hybridized carbons (Fsp3) is 0.429. The molecule has 1 atom stereocenters. The quantitative estimate of drug-likeness (QED) is 0.687. The summed E-state index contributed by atoms with van der Waals surface area (Å²) >= 11 is 0. The molecule has 1 nitrogen and oxygen atoms in total. The van der Waals surface area contributed by atoms with Gasteiger partial charge in [0.05, 0.1) is 0 Å². The Labute approximate surface area is 110 Å². The summed E-state index contributed by atoms with van der Waals surface area (Å²) in [4.78, 5) is 2.23. The summed E-state index contributed by atoms with van der Waals surface area (Å²) in [5.41, 5.74) is 1.52. The molecule has 2 aliphatic rings. The van der Waals surface area contributed by atoms with Gasteiger partial charge in [-0.15, -0.1) is 0 Å². The first-order chi connectivity index (χ1) is 7.22. The van der Waals surface area contributed by atoms with E-state index in [1.165, 1.54) is 5.57 Å². The molecule has 0 heterocycles. The van der Waals surface area contributed by atoms with Crippen molar-refractivity contribution in [3.05, 3.63) is 48.1 Å². The molecule has 0 radical (unpaired) electrons. The van der Waals surface area contributed by atoms with Crippen LogP contribution in [-0.2, 0) is 17.1 Å². The van der Waals surface area contributed by atoms with Crippen LogP contribution in [0.4, 0.5) is 0 Å². The number of nitrogens with zero attached hydrogens (tertiary/aromatic N) is 1. The van der Waals surface area contributed by atoms with Gasteiger partial charge >= 0.3 is 0 Å². The molecule has 0 bridgehead atoms. The first-order valence-electron chi connectivity index (χ1n) is 5.55. The van der Waals surface area contributed by atoms with E-state index >= 15 is 0 Å². The Bertz CT molecular complexity index is 288. The largest absolute Gasteiger partial charge is 0.303 e. The SMILES string of the molecule is C1=CCC=C1.C[C@H](C1=CC=CC1)N(C)C.[Fe]. The summed E-state index contributed by atoms with van der Waals surface area (Å²) < 4.78 is 0. The maximum absolute atomic E-state index is 2.23. The van der Waals surface area contributed by atoms with E-state index in [4.69, 9.17) is 0 Å². The molecule has 0 aromatic carbocycles. The van der Waals surface area contributed by atoms with Crippen molar-refractivity contribution in [3.8, 4) is 0 Å². The molecule has 0 aromatic rings. The van der Waals surface area contributed by atoms with Crippen LogP contribution in [0.2, 0.25) is 0 Å². The van der Waals surface area contributed by atoms with Crippen LogP contribution in [0.1, 0.15) is 19.8 Å². The average Bonchev–Trinajstić information content (AvgIpc) is 2.92. The van der Waals surface area contributed by atoms with Gasteiger partial charge in [-0.2, -0.15) is 0 Å². The smallest absolute Gasteiger partial charge is 0.0279 e. The minimum Gasteiger partial charge on any atom is -0.303 e. The van der Waals surface area contributed by atoms with E-state index in [1.807, 2.05) is 0 Å². The Hall–Kier alpha value is -0.561. The van der Waals surface area contributed by atoms with E-state index in [2.05, 4.69) is 68.5 Å². The van der Waals surface area contributed by atoms with E-state index in [0.29, 0.717) is 6.04 Å². The minimum atomic E-state index is 0. The summed E-state index contributed by atoms with van der Waals surface area (Å²) in [5, 5.41) is 0. The standard InChI is InChI=1S/C9H15N.C5H6.Fe/c1-8(10(2)3)9-6-4-5-7-9;1-2-4-5-3-1;/h4-6,8H,7H2,1-3H3;1-4H,5H2;/t8-;;/m1../s1. The zero-order chi connectivity index (χ0) is 11.1. The molecule has 0 fully saturated rings. The molecule has 2 rings (SSSR count). The van der Waals surface area contributed by atoms with Crippen LogP contribution in [0.25, 0.3) is 0 Å². The van der Waals surface area contributed by atoms with Crippen LogP contribution in [0.5, 0.6) is 0 Å². The van der Waals surface area contributed by atoms with Crippen LogP contribution >= 0.6 is 0 Å². The van der Waals surface area contributed by atoms with Gasteiger partial charge in [-0.25, -0.2) is 0 Å². The molecule has 0 aromatic heterocycles. The molecule has 90 valence electrons. The summed E-state index contributed by atoms with van der Waals surface area (Å²) in [6.07, 6.45) is 17.2. The zero-order valence-corrected chi connectivity index (χ0v) is 11.4. The molecule has 0 aliphatic heterocycles. The number of rotatable bonds is 2. The normalized spacial score (nSPS) is 17.9. The number of likely N-dealkylation sites (N-methyl/N-ethyl adjacent to an activating group) is 1. The summed E-state index contributed by atoms with van der Waals surface area (Å²) in [6.45, 7) is 2.23. The van der Waals surface area contributed by atoms with Crippen molar-refractivity contribution in [2.75, 3.05) is 14.1 Å².